The van der Waals surface area contributed by atoms with Gasteiger partial charge < -0.3 is 19.6 Å². The zero-order valence-electron chi connectivity index (χ0n) is 17.1. The normalized spacial score (nSPS) is 22.2. The largest absolute Gasteiger partial charge is 0.364 e. The smallest absolute Gasteiger partial charge is 0.194 e. The fourth-order valence-corrected chi connectivity index (χ4v) is 3.69. The van der Waals surface area contributed by atoms with Crippen LogP contribution in [0.1, 0.15) is 19.5 Å². The Bertz CT molecular complexity index is 561. The fourth-order valence-electron chi connectivity index (χ4n) is 3.69. The minimum Gasteiger partial charge on any atom is -0.364 e. The molecule has 27 heavy (non-hydrogen) atoms. The lowest BCUT2D eigenvalue weighted by molar-refractivity contribution is 0.121. The Morgan fingerprint density at radius 2 is 1.93 bits per heavy atom. The summed E-state index contributed by atoms with van der Waals surface area (Å²) < 4.78 is 4.93. The SMILES string of the molecule is CCNC(=NCC(C)N1CCN(C)CC1)N1CCN(Cc2ccon2)CC1. The van der Waals surface area contributed by atoms with Gasteiger partial charge in [-0.3, -0.25) is 14.8 Å². The van der Waals surface area contributed by atoms with E-state index in [4.69, 9.17) is 9.52 Å². The minimum atomic E-state index is 0.487. The molecule has 2 aliphatic rings. The lowest BCUT2D eigenvalue weighted by Gasteiger charge is -2.37. The lowest BCUT2D eigenvalue weighted by Crippen LogP contribution is -2.53. The molecule has 0 aliphatic carbocycles. The average Bonchev–Trinajstić information content (AvgIpc) is 3.19. The quantitative estimate of drug-likeness (QED) is 0.568. The Morgan fingerprint density at radius 1 is 1.19 bits per heavy atom. The summed E-state index contributed by atoms with van der Waals surface area (Å²) in [6.45, 7) is 15.7. The number of nitrogens with one attached hydrogen (secondary N) is 1. The van der Waals surface area contributed by atoms with E-state index in [-0.39, 0.29) is 0 Å². The van der Waals surface area contributed by atoms with Crippen LogP contribution in [-0.2, 0) is 6.54 Å². The van der Waals surface area contributed by atoms with Crippen LogP contribution in [0.3, 0.4) is 0 Å². The van der Waals surface area contributed by atoms with E-state index in [2.05, 4.69) is 51.0 Å². The van der Waals surface area contributed by atoms with Gasteiger partial charge in [-0.1, -0.05) is 5.16 Å². The van der Waals surface area contributed by atoms with Crippen molar-refractivity contribution in [1.82, 2.24) is 30.1 Å². The standard InChI is InChI=1S/C19H35N7O/c1-4-20-19(21-15-17(2)25-10-6-23(3)7-11-25)26-12-8-24(9-13-26)16-18-5-14-27-22-18/h5,14,17H,4,6-13,15-16H2,1-3H3,(H,20,21). The molecular weight excluding hydrogens is 342 g/mol. The number of guanidine groups is 1. The van der Waals surface area contributed by atoms with Gasteiger partial charge in [0, 0.05) is 77.6 Å². The summed E-state index contributed by atoms with van der Waals surface area (Å²) >= 11 is 0. The Kier molecular flexibility index (Phi) is 7.49. The van der Waals surface area contributed by atoms with Crippen molar-refractivity contribution in [3.63, 3.8) is 0 Å². The zero-order chi connectivity index (χ0) is 19.1. The molecule has 152 valence electrons. The third-order valence-corrected chi connectivity index (χ3v) is 5.55. The van der Waals surface area contributed by atoms with E-state index in [0.717, 1.165) is 83.6 Å². The van der Waals surface area contributed by atoms with Crippen LogP contribution in [0.5, 0.6) is 0 Å². The molecule has 2 aliphatic heterocycles. The van der Waals surface area contributed by atoms with Gasteiger partial charge >= 0.3 is 0 Å². The van der Waals surface area contributed by atoms with Crippen LogP contribution in [0.15, 0.2) is 21.8 Å². The molecule has 0 radical (unpaired) electrons. The van der Waals surface area contributed by atoms with Gasteiger partial charge in [-0.05, 0) is 20.9 Å². The second-order valence-corrected chi connectivity index (χ2v) is 7.64. The Labute approximate surface area is 163 Å². The first-order valence-corrected chi connectivity index (χ1v) is 10.2. The number of likely N-dealkylation sites (N-methyl/N-ethyl adjacent to an activating group) is 1. The molecule has 0 bridgehead atoms. The molecule has 2 fully saturated rings. The highest BCUT2D eigenvalue weighted by molar-refractivity contribution is 5.80. The summed E-state index contributed by atoms with van der Waals surface area (Å²) in [7, 11) is 2.20. The molecule has 0 aromatic carbocycles. The highest BCUT2D eigenvalue weighted by Crippen LogP contribution is 2.09. The molecule has 8 heteroatoms. The number of nitrogens with zero attached hydrogens (tertiary/aromatic N) is 6. The Balaban J connectivity index is 1.48. The van der Waals surface area contributed by atoms with E-state index in [1.807, 2.05) is 6.07 Å². The van der Waals surface area contributed by atoms with Gasteiger partial charge in [-0.25, -0.2) is 0 Å². The number of rotatable bonds is 6. The predicted octanol–water partition coefficient (Wildman–Crippen LogP) is 0.394. The van der Waals surface area contributed by atoms with E-state index < -0.39 is 0 Å². The molecule has 0 spiro atoms. The van der Waals surface area contributed by atoms with Crippen molar-refractivity contribution in [3.05, 3.63) is 18.0 Å². The van der Waals surface area contributed by atoms with Gasteiger partial charge in [0.15, 0.2) is 5.96 Å². The van der Waals surface area contributed by atoms with Crippen LogP contribution in [-0.4, -0.2) is 109 Å². The number of hydrogen-bond acceptors (Lipinski definition) is 6. The third-order valence-electron chi connectivity index (χ3n) is 5.55. The van der Waals surface area contributed by atoms with Gasteiger partial charge in [0.1, 0.15) is 6.26 Å². The van der Waals surface area contributed by atoms with E-state index in [1.54, 1.807) is 6.26 Å². The van der Waals surface area contributed by atoms with Gasteiger partial charge in [0.2, 0.25) is 0 Å². The third kappa shape index (κ3) is 5.92. The first-order valence-electron chi connectivity index (χ1n) is 10.2. The van der Waals surface area contributed by atoms with Crippen molar-refractivity contribution in [1.29, 1.82) is 0 Å². The molecule has 1 aromatic heterocycles. The molecule has 2 saturated heterocycles. The molecule has 8 nitrogen and oxygen atoms in total. The predicted molar refractivity (Wildman–Crippen MR) is 108 cm³/mol. The van der Waals surface area contributed by atoms with E-state index >= 15 is 0 Å². The fraction of sp³-hybridized carbons (Fsp3) is 0.789. The van der Waals surface area contributed by atoms with Gasteiger partial charge in [-0.15, -0.1) is 0 Å². The summed E-state index contributed by atoms with van der Waals surface area (Å²) in [5.41, 5.74) is 1.00. The first kappa shape index (κ1) is 20.1. The highest BCUT2D eigenvalue weighted by Gasteiger charge is 2.22. The molecule has 3 rings (SSSR count). The topological polar surface area (TPSA) is 63.4 Å². The van der Waals surface area contributed by atoms with Crippen LogP contribution in [0, 0.1) is 0 Å². The summed E-state index contributed by atoms with van der Waals surface area (Å²) in [4.78, 5) is 14.7. The number of hydrogen-bond donors (Lipinski definition) is 1. The van der Waals surface area contributed by atoms with Crippen molar-refractivity contribution in [2.75, 3.05) is 72.5 Å². The maximum absolute atomic E-state index is 4.96. The molecular formula is C19H35N7O. The van der Waals surface area contributed by atoms with Crippen LogP contribution in [0.2, 0.25) is 0 Å². The van der Waals surface area contributed by atoms with Crippen molar-refractivity contribution in [2.45, 2.75) is 26.4 Å². The maximum Gasteiger partial charge on any atom is 0.194 e. The lowest BCUT2D eigenvalue weighted by atomic mass is 10.2. The monoisotopic (exact) mass is 377 g/mol. The van der Waals surface area contributed by atoms with E-state index in [1.165, 1.54) is 0 Å². The van der Waals surface area contributed by atoms with Crippen molar-refractivity contribution in [2.24, 2.45) is 4.99 Å². The van der Waals surface area contributed by atoms with E-state index in [9.17, 15) is 0 Å². The van der Waals surface area contributed by atoms with Crippen LogP contribution < -0.4 is 5.32 Å². The summed E-state index contributed by atoms with van der Waals surface area (Å²) in [5.74, 6) is 1.06. The maximum atomic E-state index is 4.96. The van der Waals surface area contributed by atoms with Crippen LogP contribution in [0.4, 0.5) is 0 Å². The van der Waals surface area contributed by atoms with Gasteiger partial charge in [-0.2, -0.15) is 0 Å². The second-order valence-electron chi connectivity index (χ2n) is 7.64. The van der Waals surface area contributed by atoms with Crippen molar-refractivity contribution >= 4 is 5.96 Å². The minimum absolute atomic E-state index is 0.487. The molecule has 1 atom stereocenters. The highest BCUT2D eigenvalue weighted by atomic mass is 16.5. The Morgan fingerprint density at radius 3 is 2.56 bits per heavy atom. The summed E-state index contributed by atoms with van der Waals surface area (Å²) in [5, 5.41) is 7.50. The molecule has 0 amide bonds. The first-order chi connectivity index (χ1) is 13.2. The summed E-state index contributed by atoms with van der Waals surface area (Å²) in [6.07, 6.45) is 1.64. The average molecular weight is 378 g/mol. The number of piperazine rings is 2. The van der Waals surface area contributed by atoms with Crippen LogP contribution in [0.25, 0.3) is 0 Å². The van der Waals surface area contributed by atoms with E-state index in [0.29, 0.717) is 6.04 Å². The number of aliphatic imine (C=N–C) groups is 1. The zero-order valence-corrected chi connectivity index (χ0v) is 17.1. The molecule has 0 saturated carbocycles. The summed E-state index contributed by atoms with van der Waals surface area (Å²) in [6, 6.07) is 2.43. The molecule has 1 unspecified atom stereocenters. The molecule has 3 heterocycles. The molecule has 1 N–H and O–H groups in total. The van der Waals surface area contributed by atoms with Crippen molar-refractivity contribution in [3.8, 4) is 0 Å². The second kappa shape index (κ2) is 10.1. The molecule has 1 aromatic rings. The van der Waals surface area contributed by atoms with Gasteiger partial charge in [0.25, 0.3) is 0 Å². The van der Waals surface area contributed by atoms with Gasteiger partial charge in [0.05, 0.1) is 12.2 Å². The van der Waals surface area contributed by atoms with Crippen molar-refractivity contribution < 1.29 is 4.52 Å². The van der Waals surface area contributed by atoms with Crippen LogP contribution >= 0.6 is 0 Å². The number of aromatic nitrogens is 1. The Hall–Kier alpha value is -1.64.